The number of benzene rings is 2. The lowest BCUT2D eigenvalue weighted by atomic mass is 9.86. The molecular formula is C19H15ClF4N2O2. The van der Waals surface area contributed by atoms with E-state index in [1.165, 1.54) is 42.3 Å². The van der Waals surface area contributed by atoms with E-state index in [0.717, 1.165) is 18.2 Å². The molecule has 2 aromatic carbocycles. The molecule has 148 valence electrons. The molecule has 2 unspecified atom stereocenters. The van der Waals surface area contributed by atoms with Gasteiger partial charge in [-0.3, -0.25) is 9.59 Å². The van der Waals surface area contributed by atoms with Gasteiger partial charge in [0.25, 0.3) is 11.8 Å². The fourth-order valence-corrected chi connectivity index (χ4v) is 3.59. The number of hydrogen-bond donors (Lipinski definition) is 1. The summed E-state index contributed by atoms with van der Waals surface area (Å²) in [6, 6.07) is 9.62. The van der Waals surface area contributed by atoms with Crippen LogP contribution < -0.4 is 5.32 Å². The molecule has 0 aromatic heterocycles. The first-order chi connectivity index (χ1) is 13.0. The SMILES string of the molecule is CN1CC(c2cccc(C(F)(F)F)c2)C(Cl)(C(=O)Nc2ccccc2F)C1=O. The topological polar surface area (TPSA) is 49.4 Å². The average Bonchev–Trinajstić information content (AvgIpc) is 2.88. The smallest absolute Gasteiger partial charge is 0.343 e. The van der Waals surface area contributed by atoms with E-state index in [0.29, 0.717) is 0 Å². The number of anilines is 1. The number of carbonyl (C=O) groups excluding carboxylic acids is 2. The minimum absolute atomic E-state index is 0.0612. The highest BCUT2D eigenvalue weighted by Crippen LogP contribution is 2.43. The Hall–Kier alpha value is -2.61. The molecule has 4 nitrogen and oxygen atoms in total. The molecule has 0 bridgehead atoms. The molecule has 1 fully saturated rings. The predicted molar refractivity (Wildman–Crippen MR) is 95.4 cm³/mol. The lowest BCUT2D eigenvalue weighted by molar-refractivity contribution is -0.137. The van der Waals surface area contributed by atoms with Crippen molar-refractivity contribution in [2.24, 2.45) is 0 Å². The van der Waals surface area contributed by atoms with Crippen LogP contribution >= 0.6 is 11.6 Å². The molecule has 2 atom stereocenters. The van der Waals surface area contributed by atoms with Crippen molar-refractivity contribution in [3.8, 4) is 0 Å². The Kier molecular flexibility index (Phi) is 5.10. The highest BCUT2D eigenvalue weighted by Gasteiger charge is 2.58. The van der Waals surface area contributed by atoms with Gasteiger partial charge in [-0.15, -0.1) is 0 Å². The van der Waals surface area contributed by atoms with Gasteiger partial charge in [0.1, 0.15) is 5.82 Å². The first-order valence-electron chi connectivity index (χ1n) is 8.22. The summed E-state index contributed by atoms with van der Waals surface area (Å²) in [6.45, 7) is -0.0612. The number of alkyl halides is 4. The molecule has 2 aromatic rings. The van der Waals surface area contributed by atoms with Crippen LogP contribution in [0.4, 0.5) is 23.2 Å². The van der Waals surface area contributed by atoms with Crippen LogP contribution in [0, 0.1) is 5.82 Å². The Balaban J connectivity index is 2.00. The summed E-state index contributed by atoms with van der Waals surface area (Å²) in [5.74, 6) is -3.56. The van der Waals surface area contributed by atoms with Crippen molar-refractivity contribution in [3.63, 3.8) is 0 Å². The first-order valence-corrected chi connectivity index (χ1v) is 8.60. The van der Waals surface area contributed by atoms with Gasteiger partial charge in [-0.2, -0.15) is 13.2 Å². The zero-order chi connectivity index (χ0) is 20.7. The van der Waals surface area contributed by atoms with Crippen molar-refractivity contribution < 1.29 is 27.2 Å². The maximum Gasteiger partial charge on any atom is 0.416 e. The van der Waals surface area contributed by atoms with Crippen LogP contribution in [0.3, 0.4) is 0 Å². The van der Waals surface area contributed by atoms with Gasteiger partial charge in [-0.1, -0.05) is 41.9 Å². The van der Waals surface area contributed by atoms with Crippen molar-refractivity contribution in [2.45, 2.75) is 17.0 Å². The average molecular weight is 415 g/mol. The Bertz CT molecular complexity index is 934. The number of hydrogen-bond acceptors (Lipinski definition) is 2. The van der Waals surface area contributed by atoms with Crippen LogP contribution in [0.1, 0.15) is 17.0 Å². The number of nitrogens with zero attached hydrogens (tertiary/aromatic N) is 1. The lowest BCUT2D eigenvalue weighted by Crippen LogP contribution is -2.47. The van der Waals surface area contributed by atoms with E-state index in [-0.39, 0.29) is 17.8 Å². The fourth-order valence-electron chi connectivity index (χ4n) is 3.21. The molecule has 1 aliphatic rings. The molecule has 0 saturated carbocycles. The maximum absolute atomic E-state index is 13.9. The normalized spacial score (nSPS) is 22.4. The Labute approximate surface area is 163 Å². The summed E-state index contributed by atoms with van der Waals surface area (Å²) in [6.07, 6.45) is -4.59. The number of carbonyl (C=O) groups is 2. The first kappa shape index (κ1) is 20.1. The van der Waals surface area contributed by atoms with Crippen molar-refractivity contribution in [1.82, 2.24) is 4.90 Å². The predicted octanol–water partition coefficient (Wildman–Crippen LogP) is 4.02. The third kappa shape index (κ3) is 3.44. The molecule has 1 saturated heterocycles. The molecular weight excluding hydrogens is 400 g/mol. The van der Waals surface area contributed by atoms with Crippen molar-refractivity contribution in [3.05, 3.63) is 65.5 Å². The summed E-state index contributed by atoms with van der Waals surface area (Å²) < 4.78 is 53.0. The molecule has 0 radical (unpaired) electrons. The van der Waals surface area contributed by atoms with Crippen LogP contribution in [0.15, 0.2) is 48.5 Å². The van der Waals surface area contributed by atoms with Gasteiger partial charge in [0, 0.05) is 19.5 Å². The third-order valence-corrected chi connectivity index (χ3v) is 5.26. The van der Waals surface area contributed by atoms with E-state index >= 15 is 0 Å². The van der Waals surface area contributed by atoms with E-state index < -0.39 is 40.2 Å². The molecule has 3 rings (SSSR count). The van der Waals surface area contributed by atoms with Crippen LogP contribution in [0.5, 0.6) is 0 Å². The maximum atomic E-state index is 13.9. The van der Waals surface area contributed by atoms with Gasteiger partial charge in [0.2, 0.25) is 4.87 Å². The zero-order valence-corrected chi connectivity index (χ0v) is 15.3. The summed E-state index contributed by atoms with van der Waals surface area (Å²) in [5.41, 5.74) is -1.01. The van der Waals surface area contributed by atoms with Gasteiger partial charge < -0.3 is 10.2 Å². The molecule has 9 heteroatoms. The van der Waals surface area contributed by atoms with Gasteiger partial charge in [-0.25, -0.2) is 4.39 Å². The number of likely N-dealkylation sites (tertiary alicyclic amines) is 1. The number of amides is 2. The van der Waals surface area contributed by atoms with Crippen LogP contribution in [0.2, 0.25) is 0 Å². The van der Waals surface area contributed by atoms with Crippen molar-refractivity contribution >= 4 is 29.1 Å². The number of nitrogens with one attached hydrogen (secondary N) is 1. The second-order valence-corrected chi connectivity index (χ2v) is 7.10. The lowest BCUT2D eigenvalue weighted by Gasteiger charge is -2.26. The summed E-state index contributed by atoms with van der Waals surface area (Å²) in [4.78, 5) is 24.4. The monoisotopic (exact) mass is 414 g/mol. The van der Waals surface area contributed by atoms with Gasteiger partial charge in [-0.05, 0) is 23.8 Å². The molecule has 28 heavy (non-hydrogen) atoms. The van der Waals surface area contributed by atoms with Gasteiger partial charge >= 0.3 is 6.18 Å². The van der Waals surface area contributed by atoms with Crippen molar-refractivity contribution in [2.75, 3.05) is 18.9 Å². The van der Waals surface area contributed by atoms with Gasteiger partial charge in [0.15, 0.2) is 0 Å². The van der Waals surface area contributed by atoms with Crippen molar-refractivity contribution in [1.29, 1.82) is 0 Å². The van der Waals surface area contributed by atoms with E-state index in [9.17, 15) is 27.2 Å². The number of halogens is 5. The quantitative estimate of drug-likeness (QED) is 0.468. The highest BCUT2D eigenvalue weighted by atomic mass is 35.5. The zero-order valence-electron chi connectivity index (χ0n) is 14.6. The molecule has 2 amide bonds. The second kappa shape index (κ2) is 7.09. The Morgan fingerprint density at radius 2 is 1.89 bits per heavy atom. The van der Waals surface area contributed by atoms with Crippen LogP contribution in [-0.2, 0) is 15.8 Å². The van der Waals surface area contributed by atoms with E-state index in [1.807, 2.05) is 0 Å². The Morgan fingerprint density at radius 1 is 1.21 bits per heavy atom. The molecule has 0 spiro atoms. The Morgan fingerprint density at radius 3 is 2.54 bits per heavy atom. The molecule has 1 heterocycles. The van der Waals surface area contributed by atoms with E-state index in [2.05, 4.69) is 5.32 Å². The van der Waals surface area contributed by atoms with E-state index in [4.69, 9.17) is 11.6 Å². The number of rotatable bonds is 3. The number of para-hydroxylation sites is 1. The fraction of sp³-hybridized carbons (Fsp3) is 0.263. The van der Waals surface area contributed by atoms with Gasteiger partial charge in [0.05, 0.1) is 11.3 Å². The summed E-state index contributed by atoms with van der Waals surface area (Å²) >= 11 is 6.43. The second-order valence-electron chi connectivity index (χ2n) is 6.51. The molecule has 0 aliphatic carbocycles. The van der Waals surface area contributed by atoms with Crippen LogP contribution in [0.25, 0.3) is 0 Å². The minimum Gasteiger partial charge on any atom is -0.343 e. The van der Waals surface area contributed by atoms with Crippen LogP contribution in [-0.4, -0.2) is 35.2 Å². The number of likely N-dealkylation sites (N-methyl/N-ethyl adjacent to an activating group) is 1. The minimum atomic E-state index is -4.59. The highest BCUT2D eigenvalue weighted by molar-refractivity contribution is 6.49. The molecule has 1 N–H and O–H groups in total. The summed E-state index contributed by atoms with van der Waals surface area (Å²) in [7, 11) is 1.39. The standard InChI is InChI=1S/C19H15ClF4N2O2/c1-26-10-13(11-5-4-6-12(9-11)19(22,23)24)18(20,17(26)28)16(27)25-15-8-3-2-7-14(15)21/h2-9,13H,10H2,1H3,(H,25,27). The summed E-state index contributed by atoms with van der Waals surface area (Å²) in [5, 5.41) is 2.27. The largest absolute Gasteiger partial charge is 0.416 e. The molecule has 1 aliphatic heterocycles. The third-order valence-electron chi connectivity index (χ3n) is 4.66. The van der Waals surface area contributed by atoms with E-state index in [1.54, 1.807) is 0 Å².